The summed E-state index contributed by atoms with van der Waals surface area (Å²) in [6.07, 6.45) is -15.5. The molecule has 0 saturated carbocycles. The van der Waals surface area contributed by atoms with E-state index in [9.17, 15) is 30.7 Å². The largest absolute Gasteiger partial charge is 0.471 e. The zero-order chi connectivity index (χ0) is 15.7. The summed E-state index contributed by atoms with van der Waals surface area (Å²) in [5.74, 6) is -2.90. The number of nitrogens with two attached hydrogens (primary N) is 1. The Bertz CT molecular complexity index is 495. The van der Waals surface area contributed by atoms with Gasteiger partial charge < -0.3 is 10.5 Å². The fourth-order valence-corrected chi connectivity index (χ4v) is 1.26. The highest BCUT2D eigenvalue weighted by Crippen LogP contribution is 2.37. The zero-order valence-corrected chi connectivity index (χ0v) is 9.44. The van der Waals surface area contributed by atoms with Gasteiger partial charge in [0.2, 0.25) is 0 Å². The molecule has 1 aromatic carbocycles. The number of ether oxygens (including phenoxy) is 1. The summed E-state index contributed by atoms with van der Waals surface area (Å²) in [6.45, 7) is 0. The van der Waals surface area contributed by atoms with E-state index in [0.29, 0.717) is 18.2 Å². The molecule has 112 valence electrons. The molecule has 0 fully saturated rings. The van der Waals surface area contributed by atoms with E-state index in [0.717, 1.165) is 0 Å². The SMILES string of the molecule is N=C(N)c1cc(F)ccc1OC(C(F)(F)F)C(F)(F)F. The fourth-order valence-electron chi connectivity index (χ4n) is 1.26. The first-order valence-electron chi connectivity index (χ1n) is 4.87. The molecular weight excluding hydrogens is 297 g/mol. The molecule has 0 radical (unpaired) electrons. The highest BCUT2D eigenvalue weighted by atomic mass is 19.4. The second kappa shape index (κ2) is 5.17. The first-order chi connectivity index (χ1) is 8.93. The predicted molar refractivity (Wildman–Crippen MR) is 53.9 cm³/mol. The Morgan fingerprint density at radius 2 is 1.60 bits per heavy atom. The van der Waals surface area contributed by atoms with Crippen LogP contribution in [0.4, 0.5) is 30.7 Å². The summed E-state index contributed by atoms with van der Waals surface area (Å²) in [5, 5.41) is 7.00. The monoisotopic (exact) mass is 304 g/mol. The number of rotatable bonds is 3. The molecule has 20 heavy (non-hydrogen) atoms. The summed E-state index contributed by atoms with van der Waals surface area (Å²) in [6, 6.07) is 1.63. The van der Waals surface area contributed by atoms with Crippen LogP contribution in [0.15, 0.2) is 18.2 Å². The summed E-state index contributed by atoms with van der Waals surface area (Å²) < 4.78 is 90.6. The lowest BCUT2D eigenvalue weighted by Crippen LogP contribution is -2.46. The molecule has 10 heteroatoms. The number of nitrogens with one attached hydrogen (secondary N) is 1. The van der Waals surface area contributed by atoms with E-state index in [-0.39, 0.29) is 0 Å². The third-order valence-corrected chi connectivity index (χ3v) is 2.07. The van der Waals surface area contributed by atoms with Crippen LogP contribution in [0.3, 0.4) is 0 Å². The van der Waals surface area contributed by atoms with Crippen molar-refractivity contribution in [1.29, 1.82) is 5.41 Å². The van der Waals surface area contributed by atoms with Crippen molar-refractivity contribution in [3.8, 4) is 5.75 Å². The quantitative estimate of drug-likeness (QED) is 0.512. The molecular formula is C10H7F7N2O. The van der Waals surface area contributed by atoms with Gasteiger partial charge in [-0.05, 0) is 18.2 Å². The number of amidine groups is 1. The third kappa shape index (κ3) is 3.75. The standard InChI is InChI=1S/C10H7F7N2O/c11-4-1-2-6(5(3-4)7(18)19)20-8(9(12,13)14)10(15,16)17/h1-3,8H,(H3,18,19). The number of hydrogen-bond donors (Lipinski definition) is 2. The number of halogens is 7. The van der Waals surface area contributed by atoms with Gasteiger partial charge in [0.1, 0.15) is 17.4 Å². The van der Waals surface area contributed by atoms with E-state index in [2.05, 4.69) is 4.74 Å². The summed E-state index contributed by atoms with van der Waals surface area (Å²) in [4.78, 5) is 0. The molecule has 0 saturated heterocycles. The highest BCUT2D eigenvalue weighted by Gasteiger charge is 2.59. The van der Waals surface area contributed by atoms with Crippen LogP contribution in [0, 0.1) is 11.2 Å². The fraction of sp³-hybridized carbons (Fsp3) is 0.300. The third-order valence-electron chi connectivity index (χ3n) is 2.07. The molecule has 0 heterocycles. The molecule has 3 nitrogen and oxygen atoms in total. The van der Waals surface area contributed by atoms with E-state index in [1.54, 1.807) is 0 Å². The zero-order valence-electron chi connectivity index (χ0n) is 9.44. The van der Waals surface area contributed by atoms with Crippen molar-refractivity contribution in [2.75, 3.05) is 0 Å². The highest BCUT2D eigenvalue weighted by molar-refractivity contribution is 5.97. The number of hydrogen-bond acceptors (Lipinski definition) is 2. The van der Waals surface area contributed by atoms with Gasteiger partial charge in [0.25, 0.3) is 6.10 Å². The summed E-state index contributed by atoms with van der Waals surface area (Å²) >= 11 is 0. The van der Waals surface area contributed by atoms with Crippen molar-refractivity contribution >= 4 is 5.84 Å². The minimum Gasteiger partial charge on any atom is -0.471 e. The van der Waals surface area contributed by atoms with Gasteiger partial charge in [0.05, 0.1) is 5.56 Å². The maximum Gasteiger partial charge on any atom is 0.434 e. The molecule has 0 atom stereocenters. The van der Waals surface area contributed by atoms with E-state index in [1.165, 1.54) is 0 Å². The minimum atomic E-state index is -5.72. The molecule has 1 aromatic rings. The first kappa shape index (κ1) is 16.1. The molecule has 0 aromatic heterocycles. The van der Waals surface area contributed by atoms with Gasteiger partial charge in [-0.15, -0.1) is 0 Å². The van der Waals surface area contributed by atoms with Gasteiger partial charge in [0, 0.05) is 0 Å². The van der Waals surface area contributed by atoms with Gasteiger partial charge in [-0.3, -0.25) is 5.41 Å². The molecule has 0 bridgehead atoms. The maximum absolute atomic E-state index is 12.9. The molecule has 0 aliphatic carbocycles. The number of nitrogen functional groups attached to an aromatic ring is 1. The Morgan fingerprint density at radius 3 is 2.00 bits per heavy atom. The lowest BCUT2D eigenvalue weighted by Gasteiger charge is -2.24. The van der Waals surface area contributed by atoms with Crippen LogP contribution >= 0.6 is 0 Å². The Balaban J connectivity index is 3.22. The van der Waals surface area contributed by atoms with E-state index >= 15 is 0 Å². The van der Waals surface area contributed by atoms with Gasteiger partial charge in [-0.1, -0.05) is 0 Å². The first-order valence-corrected chi connectivity index (χ1v) is 4.87. The molecule has 0 aliphatic rings. The van der Waals surface area contributed by atoms with Crippen LogP contribution in [0.1, 0.15) is 5.56 Å². The van der Waals surface area contributed by atoms with Crippen molar-refractivity contribution in [2.24, 2.45) is 5.73 Å². The number of benzene rings is 1. The average molecular weight is 304 g/mol. The van der Waals surface area contributed by atoms with Crippen LogP contribution < -0.4 is 10.5 Å². The second-order valence-corrected chi connectivity index (χ2v) is 3.64. The van der Waals surface area contributed by atoms with Crippen molar-refractivity contribution in [1.82, 2.24) is 0 Å². The Morgan fingerprint density at radius 1 is 1.10 bits per heavy atom. The van der Waals surface area contributed by atoms with Gasteiger partial charge in [-0.25, -0.2) is 4.39 Å². The number of alkyl halides is 6. The van der Waals surface area contributed by atoms with Gasteiger partial charge in [-0.2, -0.15) is 26.3 Å². The van der Waals surface area contributed by atoms with Crippen LogP contribution in [-0.4, -0.2) is 24.3 Å². The van der Waals surface area contributed by atoms with Gasteiger partial charge in [0.15, 0.2) is 0 Å². The lowest BCUT2D eigenvalue weighted by atomic mass is 10.1. The molecule has 3 N–H and O–H groups in total. The summed E-state index contributed by atoms with van der Waals surface area (Å²) in [7, 11) is 0. The van der Waals surface area contributed by atoms with Crippen LogP contribution in [0.5, 0.6) is 5.75 Å². The molecule has 1 rings (SSSR count). The van der Waals surface area contributed by atoms with Crippen molar-refractivity contribution < 1.29 is 35.5 Å². The van der Waals surface area contributed by atoms with Crippen LogP contribution in [-0.2, 0) is 0 Å². The lowest BCUT2D eigenvalue weighted by molar-refractivity contribution is -0.299. The topological polar surface area (TPSA) is 59.1 Å². The van der Waals surface area contributed by atoms with E-state index < -0.39 is 41.4 Å². The molecule has 0 unspecified atom stereocenters. The molecule has 0 spiro atoms. The predicted octanol–water partition coefficient (Wildman–Crippen LogP) is 2.98. The van der Waals surface area contributed by atoms with Gasteiger partial charge >= 0.3 is 12.4 Å². The van der Waals surface area contributed by atoms with Crippen molar-refractivity contribution in [2.45, 2.75) is 18.5 Å². The van der Waals surface area contributed by atoms with Crippen LogP contribution in [0.25, 0.3) is 0 Å². The maximum atomic E-state index is 12.9. The van der Waals surface area contributed by atoms with E-state index in [4.69, 9.17) is 11.1 Å². The Labute approximate surface area is 107 Å². The second-order valence-electron chi connectivity index (χ2n) is 3.64. The average Bonchev–Trinajstić information content (AvgIpc) is 2.23. The smallest absolute Gasteiger partial charge is 0.434 e. The summed E-state index contributed by atoms with van der Waals surface area (Å²) in [5.41, 5.74) is 4.25. The van der Waals surface area contributed by atoms with Crippen molar-refractivity contribution in [3.63, 3.8) is 0 Å². The molecule has 0 aliphatic heterocycles. The Hall–Kier alpha value is -2.00. The molecule has 0 amide bonds. The van der Waals surface area contributed by atoms with E-state index in [1.807, 2.05) is 0 Å². The Kier molecular flexibility index (Phi) is 4.15. The minimum absolute atomic E-state index is 0.501. The van der Waals surface area contributed by atoms with Crippen LogP contribution in [0.2, 0.25) is 0 Å². The normalized spacial score (nSPS) is 12.6. The van der Waals surface area contributed by atoms with Crippen molar-refractivity contribution in [3.05, 3.63) is 29.6 Å².